The molecule has 3 aromatic rings. The van der Waals surface area contributed by atoms with E-state index in [4.69, 9.17) is 4.74 Å². The number of hydrogen-bond donors (Lipinski definition) is 1. The van der Waals surface area contributed by atoms with Crippen LogP contribution in [0.2, 0.25) is 0 Å². The number of benzene rings is 1. The number of pyridine rings is 2. The van der Waals surface area contributed by atoms with Crippen molar-refractivity contribution in [2.24, 2.45) is 0 Å². The lowest BCUT2D eigenvalue weighted by atomic mass is 10.1. The maximum absolute atomic E-state index is 12.6. The summed E-state index contributed by atoms with van der Waals surface area (Å²) >= 11 is 0. The number of ether oxygens (including phenoxy) is 1. The Morgan fingerprint density at radius 2 is 1.88 bits per heavy atom. The molecular weight excluding hydrogens is 326 g/mol. The molecule has 0 aliphatic rings. The van der Waals surface area contributed by atoms with Crippen LogP contribution < -0.4 is 5.32 Å². The fraction of sp³-hybridized carbons (Fsp3) is 0.286. The fourth-order valence-electron chi connectivity index (χ4n) is 2.83. The van der Waals surface area contributed by atoms with Crippen LogP contribution in [0.15, 0.2) is 36.5 Å². The second kappa shape index (κ2) is 7.12. The van der Waals surface area contributed by atoms with E-state index in [0.29, 0.717) is 16.9 Å². The summed E-state index contributed by atoms with van der Waals surface area (Å²) in [6, 6.07) is 9.99. The third kappa shape index (κ3) is 3.67. The number of rotatable bonds is 4. The van der Waals surface area contributed by atoms with Crippen molar-refractivity contribution in [3.8, 4) is 0 Å². The van der Waals surface area contributed by atoms with E-state index in [0.717, 1.165) is 22.3 Å². The molecule has 2 aromatic heterocycles. The number of nitrogens with zero attached hydrogens (tertiary/aromatic N) is 2. The summed E-state index contributed by atoms with van der Waals surface area (Å²) in [7, 11) is 0. The van der Waals surface area contributed by atoms with Crippen LogP contribution in [0.5, 0.6) is 0 Å². The molecule has 0 saturated heterocycles. The molecule has 0 unspecified atom stereocenters. The van der Waals surface area contributed by atoms with Gasteiger partial charge in [-0.05, 0) is 58.4 Å². The monoisotopic (exact) mass is 349 g/mol. The van der Waals surface area contributed by atoms with E-state index < -0.39 is 5.97 Å². The average molecular weight is 349 g/mol. The molecule has 3 rings (SSSR count). The van der Waals surface area contributed by atoms with Gasteiger partial charge in [0.05, 0.1) is 11.8 Å². The second-order valence-electron chi connectivity index (χ2n) is 6.77. The maximum Gasteiger partial charge on any atom is 0.342 e. The van der Waals surface area contributed by atoms with E-state index in [1.807, 2.05) is 52.0 Å². The minimum Gasteiger partial charge on any atom is -0.459 e. The van der Waals surface area contributed by atoms with E-state index >= 15 is 0 Å². The van der Waals surface area contributed by atoms with Gasteiger partial charge < -0.3 is 10.1 Å². The van der Waals surface area contributed by atoms with Crippen LogP contribution in [0.4, 0.5) is 11.4 Å². The Hall–Kier alpha value is -2.95. The highest BCUT2D eigenvalue weighted by atomic mass is 16.5. The molecule has 0 aliphatic carbocycles. The number of fused-ring (bicyclic) bond motifs is 1. The lowest BCUT2D eigenvalue weighted by molar-refractivity contribution is 0.0379. The minimum atomic E-state index is -0.401. The summed E-state index contributed by atoms with van der Waals surface area (Å²) in [6.45, 7) is 9.66. The van der Waals surface area contributed by atoms with Crippen LogP contribution >= 0.6 is 0 Å². The second-order valence-corrected chi connectivity index (χ2v) is 6.77. The Labute approximate surface area is 153 Å². The smallest absolute Gasteiger partial charge is 0.342 e. The zero-order chi connectivity index (χ0) is 18.8. The van der Waals surface area contributed by atoms with Crippen molar-refractivity contribution in [2.75, 3.05) is 5.32 Å². The third-order valence-electron chi connectivity index (χ3n) is 4.07. The quantitative estimate of drug-likeness (QED) is 0.681. The molecule has 1 aromatic carbocycles. The van der Waals surface area contributed by atoms with Crippen molar-refractivity contribution >= 4 is 28.4 Å². The van der Waals surface area contributed by atoms with Crippen LogP contribution in [-0.2, 0) is 4.74 Å². The van der Waals surface area contributed by atoms with Gasteiger partial charge in [0.25, 0.3) is 0 Å². The van der Waals surface area contributed by atoms with Gasteiger partial charge in [-0.3, -0.25) is 0 Å². The Morgan fingerprint density at radius 3 is 2.58 bits per heavy atom. The van der Waals surface area contributed by atoms with Crippen molar-refractivity contribution in [3.63, 3.8) is 0 Å². The van der Waals surface area contributed by atoms with E-state index in [2.05, 4.69) is 28.3 Å². The van der Waals surface area contributed by atoms with Gasteiger partial charge in [-0.2, -0.15) is 0 Å². The number of aromatic nitrogens is 2. The largest absolute Gasteiger partial charge is 0.459 e. The van der Waals surface area contributed by atoms with Crippen LogP contribution in [0.25, 0.3) is 11.0 Å². The molecule has 26 heavy (non-hydrogen) atoms. The van der Waals surface area contributed by atoms with Crippen molar-refractivity contribution in [1.82, 2.24) is 9.97 Å². The van der Waals surface area contributed by atoms with Gasteiger partial charge in [-0.1, -0.05) is 17.7 Å². The Kier molecular flexibility index (Phi) is 4.89. The first-order chi connectivity index (χ1) is 12.3. The topological polar surface area (TPSA) is 64.1 Å². The average Bonchev–Trinajstić information content (AvgIpc) is 2.56. The normalized spacial score (nSPS) is 11.0. The van der Waals surface area contributed by atoms with E-state index in [1.165, 1.54) is 11.8 Å². The Morgan fingerprint density at radius 1 is 1.12 bits per heavy atom. The molecule has 1 N–H and O–H groups in total. The standard InChI is InChI=1S/C21H23N3O2/c1-12(2)26-21(25)17-11-22-20-16(8-7-15(5)23-20)19(17)24-18-9-6-13(3)10-14(18)4/h6-12H,1-5H3,(H,22,23,24). The molecule has 5 nitrogen and oxygen atoms in total. The lowest BCUT2D eigenvalue weighted by Gasteiger charge is -2.17. The highest BCUT2D eigenvalue weighted by molar-refractivity contribution is 6.05. The summed E-state index contributed by atoms with van der Waals surface area (Å²) in [5, 5.41) is 4.19. The highest BCUT2D eigenvalue weighted by Gasteiger charge is 2.19. The van der Waals surface area contributed by atoms with Gasteiger partial charge in [0.1, 0.15) is 5.56 Å². The third-order valence-corrected chi connectivity index (χ3v) is 4.07. The first kappa shape index (κ1) is 17.9. The van der Waals surface area contributed by atoms with Crippen LogP contribution in [0.3, 0.4) is 0 Å². The maximum atomic E-state index is 12.6. The summed E-state index contributed by atoms with van der Waals surface area (Å²) < 4.78 is 5.40. The SMILES string of the molecule is Cc1ccc(Nc2c(C(=O)OC(C)C)cnc3nc(C)ccc23)c(C)c1. The van der Waals surface area contributed by atoms with Crippen molar-refractivity contribution in [3.05, 3.63) is 58.9 Å². The molecule has 0 radical (unpaired) electrons. The van der Waals surface area contributed by atoms with Crippen molar-refractivity contribution < 1.29 is 9.53 Å². The van der Waals surface area contributed by atoms with Crippen molar-refractivity contribution in [1.29, 1.82) is 0 Å². The zero-order valence-corrected chi connectivity index (χ0v) is 15.8. The molecule has 0 bridgehead atoms. The van der Waals surface area contributed by atoms with Crippen LogP contribution in [0, 0.1) is 20.8 Å². The fourth-order valence-corrected chi connectivity index (χ4v) is 2.83. The van der Waals surface area contributed by atoms with Gasteiger partial charge in [-0.25, -0.2) is 14.8 Å². The first-order valence-electron chi connectivity index (χ1n) is 8.67. The molecule has 0 saturated carbocycles. The Balaban J connectivity index is 2.16. The van der Waals surface area contributed by atoms with Crippen LogP contribution in [0.1, 0.15) is 41.0 Å². The first-order valence-corrected chi connectivity index (χ1v) is 8.67. The van der Waals surface area contributed by atoms with Crippen LogP contribution in [-0.4, -0.2) is 22.0 Å². The zero-order valence-electron chi connectivity index (χ0n) is 15.8. The number of hydrogen-bond acceptors (Lipinski definition) is 5. The number of carbonyl (C=O) groups is 1. The molecule has 0 fully saturated rings. The number of nitrogens with one attached hydrogen (secondary N) is 1. The molecule has 134 valence electrons. The van der Waals surface area contributed by atoms with Gasteiger partial charge in [0, 0.05) is 23.0 Å². The van der Waals surface area contributed by atoms with E-state index in [1.54, 1.807) is 0 Å². The van der Waals surface area contributed by atoms with Gasteiger partial charge in [0.2, 0.25) is 0 Å². The van der Waals surface area contributed by atoms with Gasteiger partial charge in [-0.15, -0.1) is 0 Å². The van der Waals surface area contributed by atoms with E-state index in [9.17, 15) is 4.79 Å². The summed E-state index contributed by atoms with van der Waals surface area (Å²) in [4.78, 5) is 21.4. The highest BCUT2D eigenvalue weighted by Crippen LogP contribution is 2.31. The molecular formula is C21H23N3O2. The predicted octanol–water partition coefficient (Wildman–Crippen LogP) is 4.86. The molecule has 0 atom stereocenters. The predicted molar refractivity (Wildman–Crippen MR) is 104 cm³/mol. The molecule has 0 amide bonds. The molecule has 5 heteroatoms. The molecule has 2 heterocycles. The summed E-state index contributed by atoms with van der Waals surface area (Å²) in [5.74, 6) is -0.401. The van der Waals surface area contributed by atoms with Gasteiger partial charge in [0.15, 0.2) is 5.65 Å². The van der Waals surface area contributed by atoms with E-state index in [-0.39, 0.29) is 6.10 Å². The number of carbonyl (C=O) groups excluding carboxylic acids is 1. The van der Waals surface area contributed by atoms with Crippen molar-refractivity contribution in [2.45, 2.75) is 40.7 Å². The number of esters is 1. The summed E-state index contributed by atoms with van der Waals surface area (Å²) in [5.41, 5.74) is 5.75. The lowest BCUT2D eigenvalue weighted by Crippen LogP contribution is -2.14. The number of anilines is 2. The minimum absolute atomic E-state index is 0.205. The molecule has 0 spiro atoms. The Bertz CT molecular complexity index is 980. The number of aryl methyl sites for hydroxylation is 3. The summed E-state index contributed by atoms with van der Waals surface area (Å²) in [6.07, 6.45) is 1.33. The molecule has 0 aliphatic heterocycles. The van der Waals surface area contributed by atoms with Gasteiger partial charge >= 0.3 is 5.97 Å².